The van der Waals surface area contributed by atoms with Gasteiger partial charge in [-0.1, -0.05) is 24.3 Å². The molecule has 8 heteroatoms. The number of hydrogen-bond acceptors (Lipinski definition) is 5. The Kier molecular flexibility index (Phi) is 4.36. The normalized spacial score (nSPS) is 12.6. The number of carbonyl (C=O) groups excluding carboxylic acids is 3. The third-order valence-corrected chi connectivity index (χ3v) is 4.51. The van der Waals surface area contributed by atoms with Gasteiger partial charge in [0.05, 0.1) is 16.2 Å². The first-order valence-electron chi connectivity index (χ1n) is 8.60. The molecule has 0 bridgehead atoms. The molecule has 29 heavy (non-hydrogen) atoms. The predicted molar refractivity (Wildman–Crippen MR) is 105 cm³/mol. The number of benzene rings is 3. The monoisotopic (exact) mass is 387 g/mol. The van der Waals surface area contributed by atoms with Crippen molar-refractivity contribution in [3.05, 3.63) is 99.6 Å². The maximum absolute atomic E-state index is 12.7. The van der Waals surface area contributed by atoms with E-state index >= 15 is 0 Å². The first kappa shape index (κ1) is 18.1. The number of imide groups is 1. The van der Waals surface area contributed by atoms with Crippen LogP contribution in [0.1, 0.15) is 31.1 Å². The molecule has 3 amide bonds. The highest BCUT2D eigenvalue weighted by Crippen LogP contribution is 2.33. The lowest BCUT2D eigenvalue weighted by atomic mass is 10.1. The predicted octanol–water partition coefficient (Wildman–Crippen LogP) is 3.65. The van der Waals surface area contributed by atoms with Gasteiger partial charge in [0.25, 0.3) is 23.4 Å². The van der Waals surface area contributed by atoms with E-state index in [1.54, 1.807) is 24.3 Å². The number of anilines is 2. The minimum atomic E-state index is -0.765. The van der Waals surface area contributed by atoms with Gasteiger partial charge in [-0.15, -0.1) is 0 Å². The van der Waals surface area contributed by atoms with E-state index in [-0.39, 0.29) is 22.7 Å². The molecule has 1 heterocycles. The summed E-state index contributed by atoms with van der Waals surface area (Å²) in [4.78, 5) is 49.1. The van der Waals surface area contributed by atoms with Crippen LogP contribution in [0.4, 0.5) is 17.1 Å². The summed E-state index contributed by atoms with van der Waals surface area (Å²) in [6.07, 6.45) is 0. The molecule has 0 aromatic heterocycles. The van der Waals surface area contributed by atoms with Crippen molar-refractivity contribution < 1.29 is 19.3 Å². The van der Waals surface area contributed by atoms with Crippen LogP contribution in [0.25, 0.3) is 0 Å². The zero-order valence-corrected chi connectivity index (χ0v) is 14.9. The molecular formula is C21H13N3O5. The fraction of sp³-hybridized carbons (Fsp3) is 0. The van der Waals surface area contributed by atoms with Crippen LogP contribution < -0.4 is 10.2 Å². The van der Waals surface area contributed by atoms with Gasteiger partial charge in [-0.05, 0) is 42.5 Å². The third-order valence-electron chi connectivity index (χ3n) is 4.51. The molecule has 0 unspecified atom stereocenters. The lowest BCUT2D eigenvalue weighted by Gasteiger charge is -2.14. The molecule has 1 aliphatic rings. The van der Waals surface area contributed by atoms with Crippen LogP contribution in [0.5, 0.6) is 0 Å². The maximum Gasteiger partial charge on any atom is 0.283 e. The number of nitrogens with zero attached hydrogens (tertiary/aromatic N) is 2. The molecule has 0 aliphatic carbocycles. The van der Waals surface area contributed by atoms with Gasteiger partial charge < -0.3 is 5.32 Å². The molecule has 3 aromatic carbocycles. The van der Waals surface area contributed by atoms with E-state index in [1.165, 1.54) is 42.5 Å². The summed E-state index contributed by atoms with van der Waals surface area (Å²) >= 11 is 0. The molecule has 1 N–H and O–H groups in total. The Bertz CT molecular complexity index is 1160. The second-order valence-electron chi connectivity index (χ2n) is 6.27. The zero-order chi connectivity index (χ0) is 20.5. The van der Waals surface area contributed by atoms with E-state index in [9.17, 15) is 24.5 Å². The minimum absolute atomic E-state index is 0.0184. The quantitative estimate of drug-likeness (QED) is 0.417. The fourth-order valence-electron chi connectivity index (χ4n) is 3.14. The lowest BCUT2D eigenvalue weighted by Crippen LogP contribution is -2.29. The van der Waals surface area contributed by atoms with Crippen molar-refractivity contribution in [2.45, 2.75) is 0 Å². The summed E-state index contributed by atoms with van der Waals surface area (Å²) in [5.41, 5.74) is 0.530. The van der Waals surface area contributed by atoms with E-state index in [0.29, 0.717) is 11.3 Å². The molecule has 142 valence electrons. The van der Waals surface area contributed by atoms with Crippen LogP contribution in [0, 0.1) is 10.1 Å². The molecule has 0 saturated heterocycles. The molecule has 0 spiro atoms. The van der Waals surface area contributed by atoms with Gasteiger partial charge in [-0.3, -0.25) is 24.5 Å². The molecule has 0 saturated carbocycles. The molecule has 0 fully saturated rings. The van der Waals surface area contributed by atoms with E-state index < -0.39 is 22.4 Å². The highest BCUT2D eigenvalue weighted by atomic mass is 16.6. The van der Waals surface area contributed by atoms with Crippen LogP contribution in [0.3, 0.4) is 0 Å². The molecule has 3 aromatic rings. The minimum Gasteiger partial charge on any atom is -0.322 e. The van der Waals surface area contributed by atoms with E-state index in [0.717, 1.165) is 4.90 Å². The number of carbonyl (C=O) groups is 3. The summed E-state index contributed by atoms with van der Waals surface area (Å²) in [5.74, 6) is -1.75. The Morgan fingerprint density at radius 3 is 2.21 bits per heavy atom. The summed E-state index contributed by atoms with van der Waals surface area (Å²) in [5, 5.41) is 13.9. The maximum atomic E-state index is 12.7. The van der Waals surface area contributed by atoms with Gasteiger partial charge in [-0.2, -0.15) is 0 Å². The Morgan fingerprint density at radius 1 is 0.862 bits per heavy atom. The van der Waals surface area contributed by atoms with Gasteiger partial charge in [0.1, 0.15) is 5.56 Å². The second-order valence-corrected chi connectivity index (χ2v) is 6.27. The molecule has 0 atom stereocenters. The summed E-state index contributed by atoms with van der Waals surface area (Å²) < 4.78 is 0. The van der Waals surface area contributed by atoms with Crippen molar-refractivity contribution in [3.63, 3.8) is 0 Å². The first-order valence-corrected chi connectivity index (χ1v) is 8.60. The smallest absolute Gasteiger partial charge is 0.283 e. The van der Waals surface area contributed by atoms with Crippen LogP contribution >= 0.6 is 0 Å². The Morgan fingerprint density at radius 2 is 1.55 bits per heavy atom. The second kappa shape index (κ2) is 7.01. The largest absolute Gasteiger partial charge is 0.322 e. The van der Waals surface area contributed by atoms with Crippen molar-refractivity contribution in [2.75, 3.05) is 10.2 Å². The Balaban J connectivity index is 1.61. The zero-order valence-electron chi connectivity index (χ0n) is 14.9. The SMILES string of the molecule is O=C(Nc1ccccc1)c1ccc(N2C(=O)c3cccc([N+](=O)[O-])c3C2=O)cc1. The number of rotatable bonds is 4. The van der Waals surface area contributed by atoms with Crippen molar-refractivity contribution in [1.82, 2.24) is 0 Å². The van der Waals surface area contributed by atoms with Crippen molar-refractivity contribution >= 4 is 34.8 Å². The number of nitrogens with one attached hydrogen (secondary N) is 1. The van der Waals surface area contributed by atoms with Crippen molar-refractivity contribution in [2.24, 2.45) is 0 Å². The van der Waals surface area contributed by atoms with E-state index in [2.05, 4.69) is 5.32 Å². The summed E-state index contributed by atoms with van der Waals surface area (Å²) in [6.45, 7) is 0. The first-order chi connectivity index (χ1) is 14.0. The summed E-state index contributed by atoms with van der Waals surface area (Å²) in [6, 6.07) is 18.7. The number of fused-ring (bicyclic) bond motifs is 1. The highest BCUT2D eigenvalue weighted by Gasteiger charge is 2.41. The summed E-state index contributed by atoms with van der Waals surface area (Å²) in [7, 11) is 0. The average Bonchev–Trinajstić information content (AvgIpc) is 2.99. The van der Waals surface area contributed by atoms with Crippen LogP contribution in [-0.2, 0) is 0 Å². The van der Waals surface area contributed by atoms with Crippen LogP contribution in [0.2, 0.25) is 0 Å². The number of para-hydroxylation sites is 1. The molecule has 1 aliphatic heterocycles. The Labute approximate surface area is 164 Å². The highest BCUT2D eigenvalue weighted by molar-refractivity contribution is 6.35. The molecule has 8 nitrogen and oxygen atoms in total. The van der Waals surface area contributed by atoms with Crippen LogP contribution in [0.15, 0.2) is 72.8 Å². The molecular weight excluding hydrogens is 374 g/mol. The Hall–Kier alpha value is -4.33. The number of amides is 3. The van der Waals surface area contributed by atoms with Gasteiger partial charge in [-0.25, -0.2) is 4.90 Å². The fourth-order valence-corrected chi connectivity index (χ4v) is 3.14. The topological polar surface area (TPSA) is 110 Å². The van der Waals surface area contributed by atoms with Crippen molar-refractivity contribution in [1.29, 1.82) is 0 Å². The number of nitro groups is 1. The van der Waals surface area contributed by atoms with E-state index in [4.69, 9.17) is 0 Å². The van der Waals surface area contributed by atoms with E-state index in [1.807, 2.05) is 6.07 Å². The standard InChI is InChI=1S/C21H13N3O5/c25-19(22-14-5-2-1-3-6-14)13-9-11-15(12-10-13)23-20(26)16-7-4-8-17(24(28)29)18(16)21(23)27/h1-12H,(H,22,25). The number of nitro benzene ring substituents is 1. The van der Waals surface area contributed by atoms with Gasteiger partial charge >= 0.3 is 0 Å². The van der Waals surface area contributed by atoms with Crippen molar-refractivity contribution in [3.8, 4) is 0 Å². The van der Waals surface area contributed by atoms with Gasteiger partial charge in [0.15, 0.2) is 0 Å². The molecule has 0 radical (unpaired) electrons. The average molecular weight is 387 g/mol. The van der Waals surface area contributed by atoms with Gasteiger partial charge in [0, 0.05) is 17.3 Å². The number of hydrogen-bond donors (Lipinski definition) is 1. The third kappa shape index (κ3) is 3.12. The van der Waals surface area contributed by atoms with Crippen LogP contribution in [-0.4, -0.2) is 22.6 Å². The van der Waals surface area contributed by atoms with Gasteiger partial charge in [0.2, 0.25) is 0 Å². The lowest BCUT2D eigenvalue weighted by molar-refractivity contribution is -0.385. The molecule has 4 rings (SSSR count).